The predicted molar refractivity (Wildman–Crippen MR) is 75.7 cm³/mol. The average molecular weight is 357 g/mol. The quantitative estimate of drug-likeness (QED) is 0.748. The zero-order valence-corrected chi connectivity index (χ0v) is 13.4. The van der Waals surface area contributed by atoms with Gasteiger partial charge in [0.15, 0.2) is 0 Å². The Morgan fingerprint density at radius 2 is 2.18 bits per heavy atom. The van der Waals surface area contributed by atoms with Crippen molar-refractivity contribution in [2.24, 2.45) is 5.41 Å². The molecule has 17 heavy (non-hydrogen) atoms. The molecule has 1 aliphatic rings. The molecule has 94 valence electrons. The lowest BCUT2D eigenvalue weighted by atomic mass is 10.1. The summed E-state index contributed by atoms with van der Waals surface area (Å²) in [4.78, 5) is 15.0. The van der Waals surface area contributed by atoms with E-state index in [-0.39, 0.29) is 5.91 Å². The van der Waals surface area contributed by atoms with Gasteiger partial charge in [0.25, 0.3) is 0 Å². The monoisotopic (exact) mass is 355 g/mol. The minimum atomic E-state index is -0.894. The van der Waals surface area contributed by atoms with Gasteiger partial charge in [-0.2, -0.15) is 0 Å². The van der Waals surface area contributed by atoms with Crippen LogP contribution < -0.4 is 0 Å². The highest BCUT2D eigenvalue weighted by Crippen LogP contribution is 2.64. The van der Waals surface area contributed by atoms with Crippen LogP contribution in [0.4, 0.5) is 0 Å². The Morgan fingerprint density at radius 1 is 1.59 bits per heavy atom. The van der Waals surface area contributed by atoms with Gasteiger partial charge in [-0.1, -0.05) is 0 Å². The number of hydrogen-bond acceptors (Lipinski definition) is 2. The molecule has 1 aromatic rings. The van der Waals surface area contributed by atoms with Crippen LogP contribution in [0, 0.1) is 5.41 Å². The number of halogens is 3. The van der Waals surface area contributed by atoms with Crippen molar-refractivity contribution in [2.75, 3.05) is 7.05 Å². The highest BCUT2D eigenvalue weighted by atomic mass is 79.9. The molecule has 0 spiro atoms. The molecule has 1 aromatic heterocycles. The summed E-state index contributed by atoms with van der Waals surface area (Å²) >= 11 is 17.0. The molecule has 0 aliphatic heterocycles. The van der Waals surface area contributed by atoms with Crippen LogP contribution in [0.2, 0.25) is 0 Å². The van der Waals surface area contributed by atoms with Crippen LogP contribution in [-0.2, 0) is 11.3 Å². The van der Waals surface area contributed by atoms with Crippen molar-refractivity contribution >= 4 is 56.4 Å². The third-order valence-corrected chi connectivity index (χ3v) is 5.81. The zero-order valence-electron chi connectivity index (χ0n) is 9.47. The van der Waals surface area contributed by atoms with E-state index in [0.29, 0.717) is 13.0 Å². The molecule has 1 atom stereocenters. The van der Waals surface area contributed by atoms with E-state index in [4.69, 9.17) is 23.2 Å². The fourth-order valence-corrected chi connectivity index (χ4v) is 4.03. The van der Waals surface area contributed by atoms with Gasteiger partial charge in [-0.3, -0.25) is 4.79 Å². The van der Waals surface area contributed by atoms with Gasteiger partial charge >= 0.3 is 0 Å². The molecule has 1 saturated carbocycles. The van der Waals surface area contributed by atoms with Crippen molar-refractivity contribution in [3.63, 3.8) is 0 Å². The van der Waals surface area contributed by atoms with E-state index in [2.05, 4.69) is 15.9 Å². The Kier molecular flexibility index (Phi) is 3.54. The fraction of sp³-hybridized carbons (Fsp3) is 0.545. The van der Waals surface area contributed by atoms with Crippen molar-refractivity contribution in [1.29, 1.82) is 0 Å². The van der Waals surface area contributed by atoms with Crippen molar-refractivity contribution in [3.05, 3.63) is 20.8 Å². The summed E-state index contributed by atoms with van der Waals surface area (Å²) in [5.41, 5.74) is -0.626. The van der Waals surface area contributed by atoms with Gasteiger partial charge in [0, 0.05) is 11.9 Å². The Hall–Kier alpha value is 0.230. The van der Waals surface area contributed by atoms with E-state index in [9.17, 15) is 4.79 Å². The maximum Gasteiger partial charge on any atom is 0.231 e. The van der Waals surface area contributed by atoms with Gasteiger partial charge in [0.2, 0.25) is 5.91 Å². The summed E-state index contributed by atoms with van der Waals surface area (Å²) in [7, 11) is 1.78. The van der Waals surface area contributed by atoms with Gasteiger partial charge in [0.1, 0.15) is 4.33 Å². The lowest BCUT2D eigenvalue weighted by molar-refractivity contribution is -0.135. The third kappa shape index (κ3) is 2.50. The minimum Gasteiger partial charge on any atom is -0.340 e. The first-order valence-electron chi connectivity index (χ1n) is 5.14. The van der Waals surface area contributed by atoms with Crippen LogP contribution in [0.5, 0.6) is 0 Å². The lowest BCUT2D eigenvalue weighted by Crippen LogP contribution is -2.34. The summed E-state index contributed by atoms with van der Waals surface area (Å²) in [6.07, 6.45) is 0.528. The Balaban J connectivity index is 2.02. The maximum absolute atomic E-state index is 12.2. The molecule has 0 aromatic carbocycles. The highest BCUT2D eigenvalue weighted by molar-refractivity contribution is 9.11. The van der Waals surface area contributed by atoms with E-state index in [0.717, 1.165) is 8.66 Å². The van der Waals surface area contributed by atoms with Crippen LogP contribution in [0.15, 0.2) is 15.9 Å². The molecule has 2 rings (SSSR count). The standard InChI is InChI=1S/C11H12BrCl2NOS/c1-10(6-11(10,13)14)9(16)15(2)5-7-3-4-8(12)17-7/h3-4H,5-6H2,1-2H3. The first-order valence-corrected chi connectivity index (χ1v) is 7.50. The Labute approximate surface area is 123 Å². The largest absolute Gasteiger partial charge is 0.340 e. The maximum atomic E-state index is 12.2. The Bertz CT molecular complexity index is 462. The van der Waals surface area contributed by atoms with E-state index in [1.165, 1.54) is 0 Å². The average Bonchev–Trinajstić information content (AvgIpc) is 2.58. The minimum absolute atomic E-state index is 0.00650. The van der Waals surface area contributed by atoms with Crippen molar-refractivity contribution < 1.29 is 4.79 Å². The molecular weight excluding hydrogens is 345 g/mol. The first-order chi connectivity index (χ1) is 7.76. The number of nitrogens with zero attached hydrogens (tertiary/aromatic N) is 1. The van der Waals surface area contributed by atoms with Crippen LogP contribution in [0.25, 0.3) is 0 Å². The summed E-state index contributed by atoms with van der Waals surface area (Å²) in [6, 6.07) is 3.98. The number of thiophene rings is 1. The molecule has 1 fully saturated rings. The van der Waals surface area contributed by atoms with Gasteiger partial charge in [0.05, 0.1) is 15.7 Å². The first kappa shape index (κ1) is 13.7. The van der Waals surface area contributed by atoms with Crippen LogP contribution in [0.3, 0.4) is 0 Å². The number of carbonyl (C=O) groups excluding carboxylic acids is 1. The van der Waals surface area contributed by atoms with Gasteiger partial charge in [-0.15, -0.1) is 34.5 Å². The molecule has 0 saturated heterocycles. The normalized spacial score (nSPS) is 25.7. The zero-order chi connectivity index (χ0) is 12.8. The van der Waals surface area contributed by atoms with E-state index in [1.807, 2.05) is 19.1 Å². The van der Waals surface area contributed by atoms with Gasteiger partial charge < -0.3 is 4.90 Å². The molecule has 6 heteroatoms. The topological polar surface area (TPSA) is 20.3 Å². The number of hydrogen-bond donors (Lipinski definition) is 0. The fourth-order valence-electron chi connectivity index (χ4n) is 1.80. The molecule has 1 amide bonds. The smallest absolute Gasteiger partial charge is 0.231 e. The van der Waals surface area contributed by atoms with Crippen LogP contribution in [0.1, 0.15) is 18.2 Å². The highest BCUT2D eigenvalue weighted by Gasteiger charge is 2.68. The second-order valence-corrected chi connectivity index (χ2v) is 8.61. The van der Waals surface area contributed by atoms with E-state index < -0.39 is 9.75 Å². The van der Waals surface area contributed by atoms with Gasteiger partial charge in [-0.25, -0.2) is 0 Å². The molecule has 1 aliphatic carbocycles. The van der Waals surface area contributed by atoms with Crippen molar-refractivity contribution in [3.8, 4) is 0 Å². The molecule has 2 nitrogen and oxygen atoms in total. The molecule has 0 bridgehead atoms. The second-order valence-electron chi connectivity index (χ2n) is 4.58. The third-order valence-electron chi connectivity index (χ3n) is 3.10. The second kappa shape index (κ2) is 4.41. The summed E-state index contributed by atoms with van der Waals surface area (Å²) in [5, 5.41) is 0. The Morgan fingerprint density at radius 3 is 2.59 bits per heavy atom. The summed E-state index contributed by atoms with van der Waals surface area (Å²) in [5.74, 6) is 0.00650. The lowest BCUT2D eigenvalue weighted by Gasteiger charge is -2.21. The summed E-state index contributed by atoms with van der Waals surface area (Å²) in [6.45, 7) is 2.41. The molecule has 0 radical (unpaired) electrons. The van der Waals surface area contributed by atoms with Crippen molar-refractivity contribution in [1.82, 2.24) is 4.90 Å². The number of rotatable bonds is 3. The number of carbonyl (C=O) groups is 1. The molecule has 1 heterocycles. The van der Waals surface area contributed by atoms with E-state index >= 15 is 0 Å². The summed E-state index contributed by atoms with van der Waals surface area (Å²) < 4.78 is 0.170. The van der Waals surface area contributed by atoms with Crippen LogP contribution in [-0.4, -0.2) is 22.2 Å². The predicted octanol–water partition coefficient (Wildman–Crippen LogP) is 4.05. The van der Waals surface area contributed by atoms with Crippen LogP contribution >= 0.6 is 50.5 Å². The molecule has 1 unspecified atom stereocenters. The number of amides is 1. The van der Waals surface area contributed by atoms with Crippen molar-refractivity contribution in [2.45, 2.75) is 24.2 Å². The SMILES string of the molecule is CN(Cc1ccc(Br)s1)C(=O)C1(C)CC1(Cl)Cl. The number of alkyl halides is 2. The molecular formula is C11H12BrCl2NOS. The van der Waals surface area contributed by atoms with E-state index in [1.54, 1.807) is 23.3 Å². The van der Waals surface area contributed by atoms with Gasteiger partial charge in [-0.05, 0) is 41.4 Å². The molecule has 0 N–H and O–H groups in total.